The predicted molar refractivity (Wildman–Crippen MR) is 78.3 cm³/mol. The predicted octanol–water partition coefficient (Wildman–Crippen LogP) is 2.08. The summed E-state index contributed by atoms with van der Waals surface area (Å²) < 4.78 is 5.37. The van der Waals surface area contributed by atoms with E-state index in [1.165, 1.54) is 11.8 Å². The molecule has 1 heterocycles. The van der Waals surface area contributed by atoms with E-state index < -0.39 is 0 Å². The van der Waals surface area contributed by atoms with Gasteiger partial charge in [-0.1, -0.05) is 19.1 Å². The minimum atomic E-state index is -0.352. The highest BCUT2D eigenvalue weighted by molar-refractivity contribution is 5.93. The normalized spacial score (nSPS) is 10.3. The van der Waals surface area contributed by atoms with E-state index in [9.17, 15) is 4.79 Å². The van der Waals surface area contributed by atoms with Crippen LogP contribution in [0.3, 0.4) is 0 Å². The average Bonchev–Trinajstić information content (AvgIpc) is 2.95. The van der Waals surface area contributed by atoms with Gasteiger partial charge < -0.3 is 9.32 Å². The van der Waals surface area contributed by atoms with Gasteiger partial charge in [0.1, 0.15) is 12.0 Å². The van der Waals surface area contributed by atoms with Gasteiger partial charge in [0.25, 0.3) is 5.91 Å². The number of amides is 1. The maximum atomic E-state index is 11.3. The van der Waals surface area contributed by atoms with Crippen molar-refractivity contribution in [2.24, 2.45) is 5.84 Å². The molecule has 5 nitrogen and oxygen atoms in total. The summed E-state index contributed by atoms with van der Waals surface area (Å²) in [5.74, 6) is 5.44. The molecule has 106 valence electrons. The smallest absolute Gasteiger partial charge is 0.268 e. The second-order valence-electron chi connectivity index (χ2n) is 4.65. The van der Waals surface area contributed by atoms with Gasteiger partial charge in [-0.3, -0.25) is 10.2 Å². The molecule has 0 spiro atoms. The van der Waals surface area contributed by atoms with E-state index >= 15 is 0 Å². The molecule has 0 atom stereocenters. The fourth-order valence-electron chi connectivity index (χ4n) is 1.98. The van der Waals surface area contributed by atoms with Gasteiger partial charge in [0, 0.05) is 12.7 Å². The van der Waals surface area contributed by atoms with Crippen LogP contribution in [0.5, 0.6) is 0 Å². The molecule has 20 heavy (non-hydrogen) atoms. The Hall–Kier alpha value is -2.27. The molecule has 3 N–H and O–H groups in total. The number of benzene rings is 1. The maximum absolute atomic E-state index is 11.3. The van der Waals surface area contributed by atoms with Gasteiger partial charge in [0.15, 0.2) is 0 Å². The zero-order valence-corrected chi connectivity index (χ0v) is 11.7. The number of nitrogens with one attached hydrogen (secondary N) is 1. The third kappa shape index (κ3) is 3.19. The largest absolute Gasteiger partial charge is 0.467 e. The Morgan fingerprint density at radius 1 is 1.35 bits per heavy atom. The van der Waals surface area contributed by atoms with E-state index in [0.29, 0.717) is 17.9 Å². The van der Waals surface area contributed by atoms with Crippen molar-refractivity contribution in [1.29, 1.82) is 0 Å². The molecule has 0 aliphatic carbocycles. The van der Waals surface area contributed by atoms with Gasteiger partial charge in [-0.25, -0.2) is 5.84 Å². The number of hydrogen-bond donors (Lipinski definition) is 2. The Balaban J connectivity index is 2.04. The Labute approximate surface area is 118 Å². The molecule has 0 unspecified atom stereocenters. The van der Waals surface area contributed by atoms with E-state index in [0.717, 1.165) is 12.1 Å². The second kappa shape index (κ2) is 6.25. The fourth-order valence-corrected chi connectivity index (χ4v) is 1.98. The van der Waals surface area contributed by atoms with Crippen LogP contribution in [0.1, 0.15) is 28.6 Å². The van der Waals surface area contributed by atoms with Crippen LogP contribution in [0.4, 0.5) is 5.69 Å². The number of nitrogen functional groups attached to an aromatic ring is 1. The first kappa shape index (κ1) is 14.1. The standard InChI is InChI=1S/C15H19N3O2/c1-3-11-4-6-13(7-5-11)18(2)9-14-8-12(10-20-14)15(19)17-16/h4-8,10H,3,9,16H2,1-2H3,(H,17,19). The Morgan fingerprint density at radius 2 is 2.05 bits per heavy atom. The first-order valence-electron chi connectivity index (χ1n) is 6.52. The van der Waals surface area contributed by atoms with Gasteiger partial charge in [-0.2, -0.15) is 0 Å². The maximum Gasteiger partial charge on any atom is 0.268 e. The molecule has 0 fully saturated rings. The summed E-state index contributed by atoms with van der Waals surface area (Å²) in [6.45, 7) is 2.72. The van der Waals surface area contributed by atoms with Gasteiger partial charge in [0.05, 0.1) is 12.1 Å². The minimum absolute atomic E-state index is 0.352. The third-order valence-electron chi connectivity index (χ3n) is 3.23. The number of nitrogens with two attached hydrogens (primary N) is 1. The lowest BCUT2D eigenvalue weighted by molar-refractivity contribution is 0.0953. The first-order chi connectivity index (χ1) is 9.63. The van der Waals surface area contributed by atoms with Crippen molar-refractivity contribution < 1.29 is 9.21 Å². The van der Waals surface area contributed by atoms with Crippen LogP contribution >= 0.6 is 0 Å². The molecule has 0 aliphatic heterocycles. The zero-order chi connectivity index (χ0) is 14.5. The molecule has 1 aromatic heterocycles. The molecular formula is C15H19N3O2. The van der Waals surface area contributed by atoms with Gasteiger partial charge in [-0.05, 0) is 30.2 Å². The summed E-state index contributed by atoms with van der Waals surface area (Å²) in [6.07, 6.45) is 2.44. The Morgan fingerprint density at radius 3 is 2.65 bits per heavy atom. The van der Waals surface area contributed by atoms with E-state index in [4.69, 9.17) is 10.3 Å². The van der Waals surface area contributed by atoms with E-state index in [1.807, 2.05) is 7.05 Å². The van der Waals surface area contributed by atoms with Crippen molar-refractivity contribution in [3.63, 3.8) is 0 Å². The lowest BCUT2D eigenvalue weighted by Gasteiger charge is -2.18. The Kier molecular flexibility index (Phi) is 4.42. The topological polar surface area (TPSA) is 71.5 Å². The molecule has 1 aromatic carbocycles. The van der Waals surface area contributed by atoms with Gasteiger partial charge in [-0.15, -0.1) is 0 Å². The van der Waals surface area contributed by atoms with Crippen molar-refractivity contribution in [3.05, 3.63) is 53.5 Å². The van der Waals surface area contributed by atoms with Crippen molar-refractivity contribution in [2.45, 2.75) is 19.9 Å². The minimum Gasteiger partial charge on any atom is -0.467 e. The highest BCUT2D eigenvalue weighted by atomic mass is 16.3. The molecule has 2 aromatic rings. The zero-order valence-electron chi connectivity index (χ0n) is 11.7. The summed E-state index contributed by atoms with van der Waals surface area (Å²) in [4.78, 5) is 13.4. The van der Waals surface area contributed by atoms with Crippen molar-refractivity contribution in [3.8, 4) is 0 Å². The summed E-state index contributed by atoms with van der Waals surface area (Å²) >= 11 is 0. The lowest BCUT2D eigenvalue weighted by atomic mass is 10.1. The number of carbonyl (C=O) groups excluding carboxylic acids is 1. The van der Waals surface area contributed by atoms with Gasteiger partial charge >= 0.3 is 0 Å². The molecular weight excluding hydrogens is 254 g/mol. The van der Waals surface area contributed by atoms with Gasteiger partial charge in [0.2, 0.25) is 0 Å². The van der Waals surface area contributed by atoms with Crippen LogP contribution in [0.25, 0.3) is 0 Å². The van der Waals surface area contributed by atoms with E-state index in [2.05, 4.69) is 41.5 Å². The number of aryl methyl sites for hydroxylation is 1. The second-order valence-corrected chi connectivity index (χ2v) is 4.65. The molecule has 0 saturated carbocycles. The quantitative estimate of drug-likeness (QED) is 0.497. The number of rotatable bonds is 5. The number of nitrogens with zero attached hydrogens (tertiary/aromatic N) is 1. The number of hydrazine groups is 1. The Bertz CT molecular complexity index is 575. The highest BCUT2D eigenvalue weighted by Gasteiger charge is 2.10. The monoisotopic (exact) mass is 273 g/mol. The van der Waals surface area contributed by atoms with Crippen LogP contribution in [0, 0.1) is 0 Å². The van der Waals surface area contributed by atoms with Crippen molar-refractivity contribution >= 4 is 11.6 Å². The van der Waals surface area contributed by atoms with Crippen LogP contribution in [-0.4, -0.2) is 13.0 Å². The molecule has 1 amide bonds. The molecule has 0 saturated heterocycles. The summed E-state index contributed by atoms with van der Waals surface area (Å²) in [7, 11) is 1.98. The van der Waals surface area contributed by atoms with E-state index in [-0.39, 0.29) is 5.91 Å². The highest BCUT2D eigenvalue weighted by Crippen LogP contribution is 2.18. The third-order valence-corrected chi connectivity index (χ3v) is 3.23. The average molecular weight is 273 g/mol. The molecule has 0 radical (unpaired) electrons. The van der Waals surface area contributed by atoms with Crippen LogP contribution in [0.2, 0.25) is 0 Å². The first-order valence-corrected chi connectivity index (χ1v) is 6.52. The molecule has 0 bridgehead atoms. The summed E-state index contributed by atoms with van der Waals surface area (Å²) in [6, 6.07) is 10.1. The van der Waals surface area contributed by atoms with Crippen LogP contribution < -0.4 is 16.2 Å². The number of anilines is 1. The molecule has 0 aliphatic rings. The number of furan rings is 1. The SMILES string of the molecule is CCc1ccc(N(C)Cc2cc(C(=O)NN)co2)cc1. The van der Waals surface area contributed by atoms with Crippen molar-refractivity contribution in [2.75, 3.05) is 11.9 Å². The summed E-state index contributed by atoms with van der Waals surface area (Å²) in [5.41, 5.74) is 4.92. The van der Waals surface area contributed by atoms with Crippen LogP contribution in [-0.2, 0) is 13.0 Å². The van der Waals surface area contributed by atoms with E-state index in [1.54, 1.807) is 6.07 Å². The summed E-state index contributed by atoms with van der Waals surface area (Å²) in [5, 5.41) is 0. The lowest BCUT2D eigenvalue weighted by Crippen LogP contribution is -2.29. The number of hydrogen-bond acceptors (Lipinski definition) is 4. The fraction of sp³-hybridized carbons (Fsp3) is 0.267. The van der Waals surface area contributed by atoms with Crippen molar-refractivity contribution in [1.82, 2.24) is 5.43 Å². The molecule has 2 rings (SSSR count). The number of carbonyl (C=O) groups is 1. The van der Waals surface area contributed by atoms with Crippen LogP contribution in [0.15, 0.2) is 41.0 Å². The molecule has 5 heteroatoms.